The van der Waals surface area contributed by atoms with Crippen LogP contribution in [0.4, 0.5) is 8.78 Å². The molecule has 0 unspecified atom stereocenters. The van der Waals surface area contributed by atoms with Crippen LogP contribution in [0.1, 0.15) is 30.9 Å². The normalized spacial score (nSPS) is 18.0. The van der Waals surface area contributed by atoms with Gasteiger partial charge < -0.3 is 10.5 Å². The topological polar surface area (TPSA) is 35.2 Å². The average Bonchev–Trinajstić information content (AvgIpc) is 2.15. The van der Waals surface area contributed by atoms with Crippen LogP contribution in [0.15, 0.2) is 12.1 Å². The van der Waals surface area contributed by atoms with Crippen LogP contribution in [0.3, 0.4) is 0 Å². The maximum absolute atomic E-state index is 13.9. The molecule has 0 aliphatic heterocycles. The van der Waals surface area contributed by atoms with Gasteiger partial charge in [0.15, 0.2) is 11.6 Å². The molecule has 2 rings (SSSR count). The van der Waals surface area contributed by atoms with E-state index >= 15 is 0 Å². The van der Waals surface area contributed by atoms with Crippen LogP contribution in [-0.4, -0.2) is 7.11 Å². The first-order valence-corrected chi connectivity index (χ1v) is 5.42. The lowest BCUT2D eigenvalue weighted by molar-refractivity contribution is 0.254. The fourth-order valence-electron chi connectivity index (χ4n) is 2.05. The molecule has 4 heteroatoms. The van der Waals surface area contributed by atoms with Gasteiger partial charge in [-0.2, -0.15) is 0 Å². The Labute approximate surface area is 93.4 Å². The Morgan fingerprint density at radius 1 is 1.38 bits per heavy atom. The molecule has 2 N–H and O–H groups in total. The molecule has 1 atom stereocenters. The summed E-state index contributed by atoms with van der Waals surface area (Å²) in [5.74, 6) is -1.01. The Kier molecular flexibility index (Phi) is 3.10. The standard InChI is InChI=1S/C12H15F2NO/c1-16-9-6-5-8(13)10(11(9)14)12(15)7-3-2-4-7/h5-7,12H,2-4,15H2,1H3/t12-/m0/s1. The van der Waals surface area contributed by atoms with Crippen molar-refractivity contribution in [1.82, 2.24) is 0 Å². The second-order valence-electron chi connectivity index (χ2n) is 4.19. The summed E-state index contributed by atoms with van der Waals surface area (Å²) in [6, 6.07) is 1.92. The zero-order chi connectivity index (χ0) is 11.7. The van der Waals surface area contributed by atoms with E-state index in [-0.39, 0.29) is 17.2 Å². The van der Waals surface area contributed by atoms with Crippen LogP contribution in [-0.2, 0) is 0 Å². The van der Waals surface area contributed by atoms with Gasteiger partial charge in [0, 0.05) is 11.6 Å². The lowest BCUT2D eigenvalue weighted by Gasteiger charge is -2.31. The summed E-state index contributed by atoms with van der Waals surface area (Å²) in [5, 5.41) is 0. The fraction of sp³-hybridized carbons (Fsp3) is 0.500. The predicted octanol–water partition coefficient (Wildman–Crippen LogP) is 2.77. The minimum absolute atomic E-state index is 0.0379. The van der Waals surface area contributed by atoms with E-state index in [0.717, 1.165) is 19.3 Å². The van der Waals surface area contributed by atoms with Crippen molar-refractivity contribution < 1.29 is 13.5 Å². The van der Waals surface area contributed by atoms with Crippen molar-refractivity contribution in [2.75, 3.05) is 7.11 Å². The Hall–Kier alpha value is -1.16. The molecule has 0 radical (unpaired) electrons. The van der Waals surface area contributed by atoms with Crippen LogP contribution in [0.25, 0.3) is 0 Å². The summed E-state index contributed by atoms with van der Waals surface area (Å²) in [6.45, 7) is 0. The molecule has 1 aliphatic rings. The summed E-state index contributed by atoms with van der Waals surface area (Å²) in [4.78, 5) is 0. The molecule has 1 fully saturated rings. The van der Waals surface area contributed by atoms with E-state index in [9.17, 15) is 8.78 Å². The Bertz CT molecular complexity index is 391. The zero-order valence-corrected chi connectivity index (χ0v) is 9.17. The second kappa shape index (κ2) is 4.37. The molecule has 0 bridgehead atoms. The number of hydrogen-bond acceptors (Lipinski definition) is 2. The number of rotatable bonds is 3. The molecule has 1 aromatic carbocycles. The second-order valence-corrected chi connectivity index (χ2v) is 4.19. The molecule has 1 aromatic rings. The van der Waals surface area contributed by atoms with Crippen LogP contribution in [0.5, 0.6) is 5.75 Å². The number of ether oxygens (including phenoxy) is 1. The number of methoxy groups -OCH3 is 1. The van der Waals surface area contributed by atoms with Gasteiger partial charge in [-0.3, -0.25) is 0 Å². The van der Waals surface area contributed by atoms with Crippen LogP contribution >= 0.6 is 0 Å². The van der Waals surface area contributed by atoms with Crippen molar-refractivity contribution in [1.29, 1.82) is 0 Å². The summed E-state index contributed by atoms with van der Waals surface area (Å²) in [5.41, 5.74) is 5.85. The van der Waals surface area contributed by atoms with Crippen molar-refractivity contribution >= 4 is 0 Å². The molecule has 0 heterocycles. The Balaban J connectivity index is 2.37. The molecular weight excluding hydrogens is 212 g/mol. The number of hydrogen-bond donors (Lipinski definition) is 1. The number of benzene rings is 1. The van der Waals surface area contributed by atoms with E-state index in [0.29, 0.717) is 0 Å². The minimum Gasteiger partial charge on any atom is -0.494 e. The highest BCUT2D eigenvalue weighted by atomic mass is 19.1. The summed E-state index contributed by atoms with van der Waals surface area (Å²) < 4.78 is 32.2. The lowest BCUT2D eigenvalue weighted by atomic mass is 9.77. The predicted molar refractivity (Wildman–Crippen MR) is 57.2 cm³/mol. The van der Waals surface area contributed by atoms with Gasteiger partial charge in [-0.05, 0) is 30.9 Å². The molecule has 88 valence electrons. The van der Waals surface area contributed by atoms with Crippen molar-refractivity contribution in [3.63, 3.8) is 0 Å². The minimum atomic E-state index is -0.665. The van der Waals surface area contributed by atoms with Gasteiger partial charge in [0.05, 0.1) is 7.11 Å². The SMILES string of the molecule is COc1ccc(F)c([C@@H](N)C2CCC2)c1F. The molecule has 1 saturated carbocycles. The highest BCUT2D eigenvalue weighted by Gasteiger charge is 2.30. The molecule has 0 amide bonds. The van der Waals surface area contributed by atoms with Crippen LogP contribution < -0.4 is 10.5 Å². The molecule has 2 nitrogen and oxygen atoms in total. The Morgan fingerprint density at radius 3 is 2.56 bits per heavy atom. The van der Waals surface area contributed by atoms with Crippen LogP contribution in [0.2, 0.25) is 0 Å². The summed E-state index contributed by atoms with van der Waals surface area (Å²) in [6.07, 6.45) is 2.97. The highest BCUT2D eigenvalue weighted by molar-refractivity contribution is 5.34. The largest absolute Gasteiger partial charge is 0.494 e. The first kappa shape index (κ1) is 11.3. The Morgan fingerprint density at radius 2 is 2.06 bits per heavy atom. The first-order chi connectivity index (χ1) is 7.65. The molecule has 16 heavy (non-hydrogen) atoms. The van der Waals surface area contributed by atoms with E-state index in [2.05, 4.69) is 0 Å². The number of halogens is 2. The average molecular weight is 227 g/mol. The van der Waals surface area contributed by atoms with Gasteiger partial charge in [0.2, 0.25) is 0 Å². The van der Waals surface area contributed by atoms with E-state index in [1.165, 1.54) is 19.2 Å². The number of nitrogens with two attached hydrogens (primary N) is 1. The van der Waals surface area contributed by atoms with Gasteiger partial charge in [0.1, 0.15) is 5.82 Å². The lowest BCUT2D eigenvalue weighted by Crippen LogP contribution is -2.28. The monoisotopic (exact) mass is 227 g/mol. The van der Waals surface area contributed by atoms with E-state index in [1.54, 1.807) is 0 Å². The van der Waals surface area contributed by atoms with Gasteiger partial charge in [-0.15, -0.1) is 0 Å². The van der Waals surface area contributed by atoms with Crippen molar-refractivity contribution in [3.05, 3.63) is 29.3 Å². The summed E-state index contributed by atoms with van der Waals surface area (Å²) >= 11 is 0. The fourth-order valence-corrected chi connectivity index (χ4v) is 2.05. The molecule has 1 aliphatic carbocycles. The maximum Gasteiger partial charge on any atom is 0.172 e. The molecule has 0 spiro atoms. The van der Waals surface area contributed by atoms with E-state index in [4.69, 9.17) is 10.5 Å². The third-order valence-corrected chi connectivity index (χ3v) is 3.30. The van der Waals surface area contributed by atoms with Gasteiger partial charge >= 0.3 is 0 Å². The molecular formula is C12H15F2NO. The molecule has 0 saturated heterocycles. The van der Waals surface area contributed by atoms with Crippen molar-refractivity contribution in [3.8, 4) is 5.75 Å². The highest BCUT2D eigenvalue weighted by Crippen LogP contribution is 2.39. The smallest absolute Gasteiger partial charge is 0.172 e. The van der Waals surface area contributed by atoms with Gasteiger partial charge in [0.25, 0.3) is 0 Å². The molecule has 0 aromatic heterocycles. The third-order valence-electron chi connectivity index (χ3n) is 3.30. The summed E-state index contributed by atoms with van der Waals surface area (Å²) in [7, 11) is 1.36. The van der Waals surface area contributed by atoms with Gasteiger partial charge in [-0.1, -0.05) is 6.42 Å². The van der Waals surface area contributed by atoms with Crippen molar-refractivity contribution in [2.24, 2.45) is 11.7 Å². The first-order valence-electron chi connectivity index (χ1n) is 5.42. The van der Waals surface area contributed by atoms with Gasteiger partial charge in [-0.25, -0.2) is 8.78 Å². The van der Waals surface area contributed by atoms with E-state index in [1.807, 2.05) is 0 Å². The zero-order valence-electron chi connectivity index (χ0n) is 9.17. The maximum atomic E-state index is 13.9. The van der Waals surface area contributed by atoms with E-state index < -0.39 is 17.7 Å². The third kappa shape index (κ3) is 1.78. The van der Waals surface area contributed by atoms with Crippen molar-refractivity contribution in [2.45, 2.75) is 25.3 Å². The quantitative estimate of drug-likeness (QED) is 0.861. The van der Waals surface area contributed by atoms with Crippen LogP contribution in [0, 0.1) is 17.6 Å².